The Morgan fingerprint density at radius 3 is 3.00 bits per heavy atom. The van der Waals surface area contributed by atoms with E-state index in [0.29, 0.717) is 12.8 Å². The third-order valence-corrected chi connectivity index (χ3v) is 1.68. The molecule has 58 valence electrons. The summed E-state index contributed by atoms with van der Waals surface area (Å²) in [5.74, 6) is -0.0402. The van der Waals surface area contributed by atoms with Gasteiger partial charge < -0.3 is 5.11 Å². The lowest BCUT2D eigenvalue weighted by Gasteiger charge is -2.18. The average Bonchev–Trinajstić information content (AvgIpc) is 2.30. The van der Waals surface area contributed by atoms with Crippen LogP contribution in [0.25, 0.3) is 0 Å². The average molecular weight is 145 g/mol. The highest BCUT2D eigenvalue weighted by molar-refractivity contribution is 5.77. The van der Waals surface area contributed by atoms with Gasteiger partial charge in [-0.3, -0.25) is 9.63 Å². The van der Waals surface area contributed by atoms with Crippen molar-refractivity contribution < 1.29 is 14.7 Å². The molecule has 1 saturated heterocycles. The zero-order valence-electron chi connectivity index (χ0n) is 5.91. The Balaban J connectivity index is 2.54. The molecule has 0 radical (unpaired) electrons. The van der Waals surface area contributed by atoms with Crippen molar-refractivity contribution in [1.82, 2.24) is 5.06 Å². The van der Waals surface area contributed by atoms with E-state index < -0.39 is 0 Å². The number of carbonyl (C=O) groups is 1. The monoisotopic (exact) mass is 145 g/mol. The number of aliphatic hydroxyl groups excluding tert-OH is 1. The van der Waals surface area contributed by atoms with Crippen LogP contribution in [0, 0.1) is 0 Å². The molecule has 1 unspecified atom stereocenters. The maximum absolute atomic E-state index is 10.9. The normalized spacial score (nSPS) is 26.0. The summed E-state index contributed by atoms with van der Waals surface area (Å²) in [6.45, 7) is -0.0143. The number of hydrogen-bond acceptors (Lipinski definition) is 3. The van der Waals surface area contributed by atoms with Crippen LogP contribution in [0.3, 0.4) is 0 Å². The van der Waals surface area contributed by atoms with Crippen LogP contribution in [0.1, 0.15) is 12.8 Å². The van der Waals surface area contributed by atoms with Crippen LogP contribution in [0.5, 0.6) is 0 Å². The fourth-order valence-corrected chi connectivity index (χ4v) is 1.14. The van der Waals surface area contributed by atoms with Crippen LogP contribution >= 0.6 is 0 Å². The summed E-state index contributed by atoms with van der Waals surface area (Å²) in [7, 11) is 1.44. The van der Waals surface area contributed by atoms with Crippen LogP contribution in [-0.4, -0.2) is 35.8 Å². The lowest BCUT2D eigenvalue weighted by Crippen LogP contribution is -2.34. The second kappa shape index (κ2) is 2.98. The van der Waals surface area contributed by atoms with Gasteiger partial charge >= 0.3 is 0 Å². The predicted molar refractivity (Wildman–Crippen MR) is 34.0 cm³/mol. The maximum Gasteiger partial charge on any atom is 0.246 e. The number of amides is 1. The van der Waals surface area contributed by atoms with E-state index in [0.717, 1.165) is 0 Å². The van der Waals surface area contributed by atoms with Gasteiger partial charge in [0.2, 0.25) is 5.91 Å². The molecule has 0 saturated carbocycles. The van der Waals surface area contributed by atoms with Gasteiger partial charge in [0.05, 0.1) is 19.8 Å². The minimum Gasteiger partial charge on any atom is -0.394 e. The van der Waals surface area contributed by atoms with Crippen LogP contribution in [0.15, 0.2) is 0 Å². The fraction of sp³-hybridized carbons (Fsp3) is 0.833. The first-order valence-corrected chi connectivity index (χ1v) is 3.26. The van der Waals surface area contributed by atoms with E-state index in [1.165, 1.54) is 12.2 Å². The van der Waals surface area contributed by atoms with Crippen molar-refractivity contribution in [3.63, 3.8) is 0 Å². The van der Waals surface area contributed by atoms with E-state index >= 15 is 0 Å². The predicted octanol–water partition coefficient (Wildman–Crippen LogP) is -0.469. The van der Waals surface area contributed by atoms with Crippen LogP contribution in [-0.2, 0) is 9.63 Å². The summed E-state index contributed by atoms with van der Waals surface area (Å²) < 4.78 is 0. The van der Waals surface area contributed by atoms with Gasteiger partial charge in [-0.1, -0.05) is 0 Å². The van der Waals surface area contributed by atoms with Crippen molar-refractivity contribution in [3.05, 3.63) is 0 Å². The van der Waals surface area contributed by atoms with E-state index in [9.17, 15) is 4.79 Å². The van der Waals surface area contributed by atoms with Crippen molar-refractivity contribution in [2.75, 3.05) is 13.7 Å². The van der Waals surface area contributed by atoms with E-state index in [1.807, 2.05) is 0 Å². The number of hydrogen-bond donors (Lipinski definition) is 1. The van der Waals surface area contributed by atoms with Crippen LogP contribution in [0.4, 0.5) is 0 Å². The molecule has 1 amide bonds. The number of rotatable bonds is 2. The minimum atomic E-state index is -0.127. The number of carbonyl (C=O) groups excluding carboxylic acids is 1. The molecule has 1 rings (SSSR count). The van der Waals surface area contributed by atoms with Gasteiger partial charge in [-0.2, -0.15) is 0 Å². The Morgan fingerprint density at radius 2 is 2.60 bits per heavy atom. The third kappa shape index (κ3) is 1.12. The Hall–Kier alpha value is -0.610. The second-order valence-corrected chi connectivity index (χ2v) is 2.28. The van der Waals surface area contributed by atoms with Gasteiger partial charge in [-0.15, -0.1) is 0 Å². The SMILES string of the molecule is CON1C(=O)CCC1CO. The molecule has 0 aliphatic carbocycles. The molecule has 0 aromatic carbocycles. The molecule has 0 aromatic rings. The molecule has 1 aliphatic rings. The van der Waals surface area contributed by atoms with E-state index in [1.54, 1.807) is 0 Å². The van der Waals surface area contributed by atoms with Crippen LogP contribution < -0.4 is 0 Å². The Morgan fingerprint density at radius 1 is 1.90 bits per heavy atom. The molecule has 10 heavy (non-hydrogen) atoms. The fourth-order valence-electron chi connectivity index (χ4n) is 1.14. The minimum absolute atomic E-state index is 0.0143. The molecule has 4 heteroatoms. The summed E-state index contributed by atoms with van der Waals surface area (Å²) in [6, 6.07) is -0.127. The smallest absolute Gasteiger partial charge is 0.246 e. The highest BCUT2D eigenvalue weighted by Gasteiger charge is 2.30. The molecule has 1 aliphatic heterocycles. The molecular formula is C6H11NO3. The number of hydroxylamine groups is 2. The first-order valence-electron chi connectivity index (χ1n) is 3.26. The van der Waals surface area contributed by atoms with Gasteiger partial charge in [0.15, 0.2) is 0 Å². The summed E-state index contributed by atoms with van der Waals surface area (Å²) in [4.78, 5) is 15.6. The highest BCUT2D eigenvalue weighted by Crippen LogP contribution is 2.17. The molecule has 1 atom stereocenters. The van der Waals surface area contributed by atoms with Gasteiger partial charge in [0.1, 0.15) is 0 Å². The Kier molecular flexibility index (Phi) is 2.24. The quantitative estimate of drug-likeness (QED) is 0.571. The van der Waals surface area contributed by atoms with Crippen LogP contribution in [0.2, 0.25) is 0 Å². The van der Waals surface area contributed by atoms with Crippen molar-refractivity contribution in [2.45, 2.75) is 18.9 Å². The van der Waals surface area contributed by atoms with Gasteiger partial charge in [0, 0.05) is 6.42 Å². The zero-order chi connectivity index (χ0) is 7.56. The van der Waals surface area contributed by atoms with Crippen molar-refractivity contribution >= 4 is 5.91 Å². The first kappa shape index (κ1) is 7.50. The molecule has 0 bridgehead atoms. The molecule has 1 heterocycles. The molecular weight excluding hydrogens is 134 g/mol. The highest BCUT2D eigenvalue weighted by atomic mass is 16.7. The summed E-state index contributed by atoms with van der Waals surface area (Å²) in [6.07, 6.45) is 1.18. The largest absolute Gasteiger partial charge is 0.394 e. The zero-order valence-corrected chi connectivity index (χ0v) is 5.91. The molecule has 0 aromatic heterocycles. The van der Waals surface area contributed by atoms with Crippen molar-refractivity contribution in [1.29, 1.82) is 0 Å². The third-order valence-electron chi connectivity index (χ3n) is 1.68. The molecule has 4 nitrogen and oxygen atoms in total. The van der Waals surface area contributed by atoms with Gasteiger partial charge in [-0.25, -0.2) is 5.06 Å². The Labute approximate surface area is 59.3 Å². The number of nitrogens with zero attached hydrogens (tertiary/aromatic N) is 1. The molecule has 1 N–H and O–H groups in total. The molecule has 1 fully saturated rings. The second-order valence-electron chi connectivity index (χ2n) is 2.28. The standard InChI is InChI=1S/C6H11NO3/c1-10-7-5(4-8)2-3-6(7)9/h5,8H,2-4H2,1H3. The van der Waals surface area contributed by atoms with Crippen molar-refractivity contribution in [2.24, 2.45) is 0 Å². The summed E-state index contributed by atoms with van der Waals surface area (Å²) in [5.41, 5.74) is 0. The summed E-state index contributed by atoms with van der Waals surface area (Å²) >= 11 is 0. The van der Waals surface area contributed by atoms with Gasteiger partial charge in [0.25, 0.3) is 0 Å². The lowest BCUT2D eigenvalue weighted by atomic mass is 10.2. The first-order chi connectivity index (χ1) is 4.79. The van der Waals surface area contributed by atoms with E-state index in [2.05, 4.69) is 0 Å². The topological polar surface area (TPSA) is 49.8 Å². The van der Waals surface area contributed by atoms with Gasteiger partial charge in [-0.05, 0) is 6.42 Å². The lowest BCUT2D eigenvalue weighted by molar-refractivity contribution is -0.180. The Bertz CT molecular complexity index is 137. The van der Waals surface area contributed by atoms with Crippen molar-refractivity contribution in [3.8, 4) is 0 Å². The maximum atomic E-state index is 10.9. The summed E-state index contributed by atoms with van der Waals surface area (Å²) in [5, 5.41) is 9.95. The van der Waals surface area contributed by atoms with E-state index in [-0.39, 0.29) is 18.6 Å². The number of aliphatic hydroxyl groups is 1. The molecule has 0 spiro atoms. The van der Waals surface area contributed by atoms with E-state index in [4.69, 9.17) is 9.94 Å².